The van der Waals surface area contributed by atoms with Crippen molar-refractivity contribution in [3.8, 4) is 6.07 Å². The second-order valence-corrected chi connectivity index (χ2v) is 10.2. The molecule has 0 fully saturated rings. The molecule has 3 aromatic rings. The zero-order valence-corrected chi connectivity index (χ0v) is 21.1. The Morgan fingerprint density at radius 1 is 0.974 bits per heavy atom. The first-order chi connectivity index (χ1) is 18.1. The Hall–Kier alpha value is -4.25. The molecule has 0 aliphatic rings. The average Bonchev–Trinajstić information content (AvgIpc) is 3.35. The maximum Gasteiger partial charge on any atom is 0.309 e. The summed E-state index contributed by atoms with van der Waals surface area (Å²) in [5, 5.41) is 36.5. The van der Waals surface area contributed by atoms with Crippen LogP contribution in [0, 0.1) is 11.3 Å². The first kappa shape index (κ1) is 28.3. The second-order valence-electron chi connectivity index (χ2n) is 8.47. The minimum Gasteiger partial charge on any atom is -0.431 e. The second kappa shape index (κ2) is 12.8. The van der Waals surface area contributed by atoms with E-state index in [1.807, 2.05) is 10.8 Å². The number of hydrogen-bond donors (Lipinski definition) is 5. The standard InChI is InChI=1S/C25H27N5O7S/c1-38(35,36)30-25-29-20(15-37-25)24(34)28-19(14-16-8-4-2-5-9-16)22(32)21(31)18(12-13-26)27-23(33)17-10-6-3-7-11-17/h2-11,15,18-19,21-22,31-32H,12,14H2,1H3,(H,27,33)(H,28,34)(H,29,30)/t18-,19+,21+,22+/m0/s1. The first-order valence-electron chi connectivity index (χ1n) is 11.4. The molecule has 0 aliphatic heterocycles. The Bertz CT molecular complexity index is 1370. The van der Waals surface area contributed by atoms with E-state index in [-0.39, 0.29) is 18.5 Å². The highest BCUT2D eigenvalue weighted by Gasteiger charge is 2.35. The van der Waals surface area contributed by atoms with E-state index in [1.54, 1.807) is 60.7 Å². The number of rotatable bonds is 12. The lowest BCUT2D eigenvalue weighted by atomic mass is 9.92. The Balaban J connectivity index is 1.81. The highest BCUT2D eigenvalue weighted by Crippen LogP contribution is 2.15. The van der Waals surface area contributed by atoms with Crippen LogP contribution < -0.4 is 15.4 Å². The van der Waals surface area contributed by atoms with Gasteiger partial charge in [0.05, 0.1) is 30.8 Å². The summed E-state index contributed by atoms with van der Waals surface area (Å²) in [4.78, 5) is 29.3. The molecule has 4 atom stereocenters. The van der Waals surface area contributed by atoms with Crippen molar-refractivity contribution in [1.82, 2.24) is 15.6 Å². The van der Waals surface area contributed by atoms with Gasteiger partial charge in [-0.05, 0) is 24.1 Å². The SMILES string of the molecule is CS(=O)(=O)Nc1nc(C(=O)N[C@H](Cc2ccccc2)[C@@H](O)[C@H](O)[C@H](CC#N)NC(=O)c2ccccc2)co1. The third-order valence-electron chi connectivity index (χ3n) is 5.46. The molecular weight excluding hydrogens is 514 g/mol. The molecule has 200 valence electrons. The smallest absolute Gasteiger partial charge is 0.309 e. The van der Waals surface area contributed by atoms with E-state index < -0.39 is 52.1 Å². The van der Waals surface area contributed by atoms with E-state index in [1.165, 1.54) is 0 Å². The third-order valence-corrected chi connectivity index (χ3v) is 6.01. The number of oxazole rings is 1. The van der Waals surface area contributed by atoms with Crippen LogP contribution in [0.3, 0.4) is 0 Å². The summed E-state index contributed by atoms with van der Waals surface area (Å²) >= 11 is 0. The fourth-order valence-corrected chi connectivity index (χ4v) is 4.03. The van der Waals surface area contributed by atoms with E-state index >= 15 is 0 Å². The summed E-state index contributed by atoms with van der Waals surface area (Å²) in [6, 6.07) is 16.2. The van der Waals surface area contributed by atoms with Gasteiger partial charge in [0.15, 0.2) is 5.69 Å². The van der Waals surface area contributed by atoms with E-state index in [0.717, 1.165) is 12.5 Å². The van der Waals surface area contributed by atoms with Gasteiger partial charge < -0.3 is 25.3 Å². The van der Waals surface area contributed by atoms with Crippen molar-refractivity contribution in [2.45, 2.75) is 37.1 Å². The molecular formula is C25H27N5O7S. The van der Waals surface area contributed by atoms with E-state index in [4.69, 9.17) is 4.42 Å². The van der Waals surface area contributed by atoms with Crippen LogP contribution >= 0.6 is 0 Å². The minimum absolute atomic E-state index is 0.0724. The summed E-state index contributed by atoms with van der Waals surface area (Å²) in [5.74, 6) is -1.36. The van der Waals surface area contributed by atoms with Crippen LogP contribution in [0.15, 0.2) is 71.3 Å². The number of anilines is 1. The van der Waals surface area contributed by atoms with E-state index in [2.05, 4.69) is 15.6 Å². The van der Waals surface area contributed by atoms with Gasteiger partial charge in [-0.3, -0.25) is 9.59 Å². The molecule has 2 aromatic carbocycles. The number of amides is 2. The zero-order valence-electron chi connectivity index (χ0n) is 20.3. The Labute approximate surface area is 219 Å². The van der Waals surface area contributed by atoms with Gasteiger partial charge in [-0.15, -0.1) is 0 Å². The summed E-state index contributed by atoms with van der Waals surface area (Å²) in [6.45, 7) is 0. The van der Waals surface area contributed by atoms with Crippen molar-refractivity contribution in [2.24, 2.45) is 0 Å². The van der Waals surface area contributed by atoms with Crippen LogP contribution in [0.4, 0.5) is 6.01 Å². The molecule has 1 heterocycles. The normalized spacial score (nSPS) is 14.4. The molecule has 0 radical (unpaired) electrons. The van der Waals surface area contributed by atoms with Crippen LogP contribution in [0.5, 0.6) is 0 Å². The number of benzene rings is 2. The first-order valence-corrected chi connectivity index (χ1v) is 13.3. The fraction of sp³-hybridized carbons (Fsp3) is 0.280. The maximum absolute atomic E-state index is 12.9. The van der Waals surface area contributed by atoms with Gasteiger partial charge in [0.25, 0.3) is 11.8 Å². The Morgan fingerprint density at radius 3 is 2.16 bits per heavy atom. The van der Waals surface area contributed by atoms with Gasteiger partial charge in [-0.2, -0.15) is 10.2 Å². The largest absolute Gasteiger partial charge is 0.431 e. The van der Waals surface area contributed by atoms with Crippen molar-refractivity contribution in [3.63, 3.8) is 0 Å². The monoisotopic (exact) mass is 541 g/mol. The predicted molar refractivity (Wildman–Crippen MR) is 136 cm³/mol. The number of aliphatic hydroxyl groups is 2. The number of nitrogens with zero attached hydrogens (tertiary/aromatic N) is 2. The topological polar surface area (TPSA) is 195 Å². The number of sulfonamides is 1. The van der Waals surface area contributed by atoms with E-state index in [0.29, 0.717) is 11.1 Å². The molecule has 0 spiro atoms. The molecule has 0 bridgehead atoms. The molecule has 0 unspecified atom stereocenters. The van der Waals surface area contributed by atoms with Gasteiger partial charge in [0.2, 0.25) is 10.0 Å². The minimum atomic E-state index is -3.69. The highest BCUT2D eigenvalue weighted by molar-refractivity contribution is 7.91. The van der Waals surface area contributed by atoms with Crippen molar-refractivity contribution >= 4 is 27.9 Å². The highest BCUT2D eigenvalue weighted by atomic mass is 32.2. The lowest BCUT2D eigenvalue weighted by Gasteiger charge is -2.32. The van der Waals surface area contributed by atoms with Gasteiger partial charge in [0, 0.05) is 5.56 Å². The van der Waals surface area contributed by atoms with Crippen molar-refractivity contribution in [2.75, 3.05) is 11.0 Å². The van der Waals surface area contributed by atoms with Gasteiger partial charge >= 0.3 is 6.01 Å². The van der Waals surface area contributed by atoms with Crippen LogP contribution in [0.25, 0.3) is 0 Å². The van der Waals surface area contributed by atoms with Crippen molar-refractivity contribution in [3.05, 3.63) is 83.7 Å². The van der Waals surface area contributed by atoms with Crippen LogP contribution in [0.1, 0.15) is 32.8 Å². The van der Waals surface area contributed by atoms with E-state index in [9.17, 15) is 33.5 Å². The number of nitrogens with one attached hydrogen (secondary N) is 3. The summed E-state index contributed by atoms with van der Waals surface area (Å²) < 4.78 is 29.7. The molecule has 38 heavy (non-hydrogen) atoms. The van der Waals surface area contributed by atoms with Crippen molar-refractivity contribution < 1.29 is 32.6 Å². The number of aliphatic hydroxyl groups excluding tert-OH is 2. The number of carbonyl (C=O) groups is 2. The molecule has 0 saturated carbocycles. The quantitative estimate of drug-likeness (QED) is 0.221. The van der Waals surface area contributed by atoms with Crippen molar-refractivity contribution in [1.29, 1.82) is 5.26 Å². The molecule has 13 heteroatoms. The molecule has 2 amide bonds. The Kier molecular flexibility index (Phi) is 9.55. The molecule has 0 aliphatic carbocycles. The molecule has 1 aromatic heterocycles. The number of carbonyl (C=O) groups excluding carboxylic acids is 2. The summed E-state index contributed by atoms with van der Waals surface area (Å²) in [7, 11) is -3.69. The summed E-state index contributed by atoms with van der Waals surface area (Å²) in [5.41, 5.74) is 0.742. The summed E-state index contributed by atoms with van der Waals surface area (Å²) in [6.07, 6.45) is -1.69. The zero-order chi connectivity index (χ0) is 27.7. The van der Waals surface area contributed by atoms with Gasteiger partial charge in [-0.25, -0.2) is 13.1 Å². The van der Waals surface area contributed by atoms with Crippen LogP contribution in [-0.2, 0) is 16.4 Å². The molecule has 5 N–H and O–H groups in total. The third kappa shape index (κ3) is 8.13. The molecule has 3 rings (SSSR count). The lowest BCUT2D eigenvalue weighted by molar-refractivity contribution is -0.0212. The van der Waals surface area contributed by atoms with Gasteiger partial charge in [-0.1, -0.05) is 48.5 Å². The fourth-order valence-electron chi connectivity index (χ4n) is 3.62. The maximum atomic E-state index is 12.9. The lowest BCUT2D eigenvalue weighted by Crippen LogP contribution is -2.56. The van der Waals surface area contributed by atoms with Crippen LogP contribution in [0.2, 0.25) is 0 Å². The molecule has 12 nitrogen and oxygen atoms in total. The Morgan fingerprint density at radius 2 is 1.55 bits per heavy atom. The predicted octanol–water partition coefficient (Wildman–Crippen LogP) is 0.821. The van der Waals surface area contributed by atoms with Crippen LogP contribution in [-0.4, -0.2) is 66.0 Å². The number of hydrogen-bond acceptors (Lipinski definition) is 9. The average molecular weight is 542 g/mol. The van der Waals surface area contributed by atoms with Gasteiger partial charge in [0.1, 0.15) is 18.5 Å². The number of nitriles is 1. The molecule has 0 saturated heterocycles. The number of aromatic nitrogens is 1.